The second-order valence-electron chi connectivity index (χ2n) is 6.11. The smallest absolute Gasteiger partial charge is 0.148 e. The van der Waals surface area contributed by atoms with Crippen molar-refractivity contribution in [3.63, 3.8) is 0 Å². The molecule has 1 atom stereocenters. The molecule has 1 aromatic rings. The molecular formula is C16H24FN3. The van der Waals surface area contributed by atoms with Crippen molar-refractivity contribution in [1.82, 2.24) is 4.90 Å². The SMILES string of the molecule is CN1CCCC(Nc2ccc(N3CCCC3)c(F)c2)C1. The Morgan fingerprint density at radius 3 is 2.65 bits per heavy atom. The Kier molecular flexibility index (Phi) is 4.10. The van der Waals surface area contributed by atoms with Gasteiger partial charge in [-0.15, -0.1) is 0 Å². The van der Waals surface area contributed by atoms with E-state index >= 15 is 0 Å². The number of halogens is 1. The molecule has 1 N–H and O–H groups in total. The van der Waals surface area contributed by atoms with Gasteiger partial charge in [0.05, 0.1) is 5.69 Å². The van der Waals surface area contributed by atoms with Crippen LogP contribution in [-0.4, -0.2) is 44.2 Å². The number of likely N-dealkylation sites (N-methyl/N-ethyl adjacent to an activating group) is 1. The van der Waals surface area contributed by atoms with Crippen molar-refractivity contribution in [2.75, 3.05) is 43.4 Å². The van der Waals surface area contributed by atoms with Crippen LogP contribution in [0.4, 0.5) is 15.8 Å². The second-order valence-corrected chi connectivity index (χ2v) is 6.11. The maximum Gasteiger partial charge on any atom is 0.148 e. The Morgan fingerprint density at radius 1 is 1.15 bits per heavy atom. The average Bonchev–Trinajstić information content (AvgIpc) is 2.92. The van der Waals surface area contributed by atoms with Crippen molar-refractivity contribution < 1.29 is 4.39 Å². The quantitative estimate of drug-likeness (QED) is 0.916. The van der Waals surface area contributed by atoms with Crippen molar-refractivity contribution in [2.45, 2.75) is 31.7 Å². The summed E-state index contributed by atoms with van der Waals surface area (Å²) in [4.78, 5) is 4.48. The number of hydrogen-bond donors (Lipinski definition) is 1. The number of piperidine rings is 1. The van der Waals surface area contributed by atoms with Gasteiger partial charge in [0.25, 0.3) is 0 Å². The topological polar surface area (TPSA) is 18.5 Å². The fourth-order valence-electron chi connectivity index (χ4n) is 3.33. The van der Waals surface area contributed by atoms with Crippen LogP contribution in [0.25, 0.3) is 0 Å². The van der Waals surface area contributed by atoms with Gasteiger partial charge in [0, 0.05) is 31.4 Å². The van der Waals surface area contributed by atoms with E-state index in [0.717, 1.165) is 31.0 Å². The molecule has 3 rings (SSSR count). The van der Waals surface area contributed by atoms with E-state index in [-0.39, 0.29) is 5.82 Å². The van der Waals surface area contributed by atoms with Crippen LogP contribution >= 0.6 is 0 Å². The summed E-state index contributed by atoms with van der Waals surface area (Å²) in [7, 11) is 2.14. The maximum atomic E-state index is 14.2. The van der Waals surface area contributed by atoms with E-state index in [0.29, 0.717) is 6.04 Å². The first kappa shape index (κ1) is 13.7. The summed E-state index contributed by atoms with van der Waals surface area (Å²) in [6.45, 7) is 4.17. The lowest BCUT2D eigenvalue weighted by atomic mass is 10.1. The summed E-state index contributed by atoms with van der Waals surface area (Å²) < 4.78 is 14.2. The van der Waals surface area contributed by atoms with Crippen LogP contribution in [0.2, 0.25) is 0 Å². The predicted molar refractivity (Wildman–Crippen MR) is 82.0 cm³/mol. The predicted octanol–water partition coefficient (Wildman–Crippen LogP) is 2.93. The van der Waals surface area contributed by atoms with E-state index in [9.17, 15) is 4.39 Å². The molecule has 2 aliphatic rings. The van der Waals surface area contributed by atoms with E-state index in [1.54, 1.807) is 6.07 Å². The summed E-state index contributed by atoms with van der Waals surface area (Å²) in [5.41, 5.74) is 1.67. The largest absolute Gasteiger partial charge is 0.381 e. The minimum atomic E-state index is -0.0962. The minimum Gasteiger partial charge on any atom is -0.381 e. The zero-order chi connectivity index (χ0) is 13.9. The highest BCUT2D eigenvalue weighted by atomic mass is 19.1. The maximum absolute atomic E-state index is 14.2. The lowest BCUT2D eigenvalue weighted by Gasteiger charge is -2.31. The third-order valence-electron chi connectivity index (χ3n) is 4.39. The van der Waals surface area contributed by atoms with E-state index in [1.807, 2.05) is 12.1 Å². The van der Waals surface area contributed by atoms with Gasteiger partial charge in [0.2, 0.25) is 0 Å². The number of rotatable bonds is 3. The van der Waals surface area contributed by atoms with Crippen molar-refractivity contribution in [3.8, 4) is 0 Å². The molecule has 0 aromatic heterocycles. The molecule has 2 fully saturated rings. The van der Waals surface area contributed by atoms with E-state index < -0.39 is 0 Å². The molecule has 4 heteroatoms. The van der Waals surface area contributed by atoms with Crippen LogP contribution in [-0.2, 0) is 0 Å². The summed E-state index contributed by atoms with van der Waals surface area (Å²) in [5.74, 6) is -0.0962. The lowest BCUT2D eigenvalue weighted by Crippen LogP contribution is -2.39. The second kappa shape index (κ2) is 6.00. The van der Waals surface area contributed by atoms with E-state index in [4.69, 9.17) is 0 Å². The Hall–Kier alpha value is -1.29. The summed E-state index contributed by atoms with van der Waals surface area (Å²) >= 11 is 0. The molecule has 0 bridgehead atoms. The Bertz CT molecular complexity index is 457. The first-order chi connectivity index (χ1) is 9.72. The number of nitrogens with one attached hydrogen (secondary N) is 1. The highest BCUT2D eigenvalue weighted by Crippen LogP contribution is 2.26. The van der Waals surface area contributed by atoms with Gasteiger partial charge in [-0.1, -0.05) is 0 Å². The zero-order valence-corrected chi connectivity index (χ0v) is 12.2. The van der Waals surface area contributed by atoms with E-state index in [2.05, 4.69) is 22.2 Å². The Labute approximate surface area is 120 Å². The molecule has 0 aliphatic carbocycles. The number of nitrogens with zero attached hydrogens (tertiary/aromatic N) is 2. The molecule has 0 spiro atoms. The van der Waals surface area contributed by atoms with Crippen LogP contribution in [0.3, 0.4) is 0 Å². The molecule has 0 saturated carbocycles. The van der Waals surface area contributed by atoms with Crippen molar-refractivity contribution in [3.05, 3.63) is 24.0 Å². The first-order valence-electron chi connectivity index (χ1n) is 7.72. The van der Waals surface area contributed by atoms with Crippen LogP contribution in [0.15, 0.2) is 18.2 Å². The molecule has 0 amide bonds. The van der Waals surface area contributed by atoms with Gasteiger partial charge >= 0.3 is 0 Å². The molecule has 2 aliphatic heterocycles. The number of likely N-dealkylation sites (tertiary alicyclic amines) is 1. The van der Waals surface area contributed by atoms with Gasteiger partial charge in [-0.05, 0) is 57.5 Å². The normalized spacial score (nSPS) is 24.1. The van der Waals surface area contributed by atoms with Gasteiger partial charge in [-0.25, -0.2) is 4.39 Å². The van der Waals surface area contributed by atoms with Gasteiger partial charge < -0.3 is 15.1 Å². The van der Waals surface area contributed by atoms with Gasteiger partial charge in [0.1, 0.15) is 5.82 Å². The molecule has 20 heavy (non-hydrogen) atoms. The van der Waals surface area contributed by atoms with Crippen LogP contribution in [0.5, 0.6) is 0 Å². The van der Waals surface area contributed by atoms with Gasteiger partial charge in [-0.2, -0.15) is 0 Å². The molecule has 1 unspecified atom stereocenters. The summed E-state index contributed by atoms with van der Waals surface area (Å²) in [5, 5.41) is 3.47. The first-order valence-corrected chi connectivity index (χ1v) is 7.72. The Morgan fingerprint density at radius 2 is 1.95 bits per heavy atom. The summed E-state index contributed by atoms with van der Waals surface area (Å²) in [6, 6.07) is 6.04. The third-order valence-corrected chi connectivity index (χ3v) is 4.39. The highest BCUT2D eigenvalue weighted by molar-refractivity contribution is 5.57. The van der Waals surface area contributed by atoms with Crippen LogP contribution in [0, 0.1) is 5.82 Å². The van der Waals surface area contributed by atoms with Gasteiger partial charge in [-0.3, -0.25) is 0 Å². The molecule has 2 saturated heterocycles. The molecule has 2 heterocycles. The van der Waals surface area contributed by atoms with Crippen molar-refractivity contribution in [1.29, 1.82) is 0 Å². The van der Waals surface area contributed by atoms with Crippen molar-refractivity contribution in [2.24, 2.45) is 0 Å². The molecule has 1 aromatic carbocycles. The monoisotopic (exact) mass is 277 g/mol. The third kappa shape index (κ3) is 3.06. The average molecular weight is 277 g/mol. The fraction of sp³-hybridized carbons (Fsp3) is 0.625. The van der Waals surface area contributed by atoms with Crippen LogP contribution < -0.4 is 10.2 Å². The standard InChI is InChI=1S/C16H24FN3/c1-19-8-4-5-14(12-19)18-13-6-7-16(15(17)11-13)20-9-2-3-10-20/h6-7,11,14,18H,2-5,8-10,12H2,1H3. The van der Waals surface area contributed by atoms with Crippen LogP contribution in [0.1, 0.15) is 25.7 Å². The molecule has 110 valence electrons. The molecule has 3 nitrogen and oxygen atoms in total. The fourth-order valence-corrected chi connectivity index (χ4v) is 3.33. The zero-order valence-electron chi connectivity index (χ0n) is 12.2. The van der Waals surface area contributed by atoms with E-state index in [1.165, 1.54) is 32.2 Å². The summed E-state index contributed by atoms with van der Waals surface area (Å²) in [6.07, 6.45) is 4.73. The lowest BCUT2D eigenvalue weighted by molar-refractivity contribution is 0.261. The number of benzene rings is 1. The number of hydrogen-bond acceptors (Lipinski definition) is 3. The van der Waals surface area contributed by atoms with Gasteiger partial charge in [0.15, 0.2) is 0 Å². The Balaban J connectivity index is 1.67. The molecule has 0 radical (unpaired) electrons. The van der Waals surface area contributed by atoms with Crippen molar-refractivity contribution >= 4 is 11.4 Å². The minimum absolute atomic E-state index is 0.0962. The number of anilines is 2. The molecular weight excluding hydrogens is 253 g/mol. The highest BCUT2D eigenvalue weighted by Gasteiger charge is 2.19.